The molecule has 2 aromatic heterocycles. The Balaban J connectivity index is 1.69. The molecule has 23 heavy (non-hydrogen) atoms. The van der Waals surface area contributed by atoms with Crippen molar-refractivity contribution in [2.45, 2.75) is 25.8 Å². The van der Waals surface area contributed by atoms with E-state index in [9.17, 15) is 4.79 Å². The van der Waals surface area contributed by atoms with Crippen molar-refractivity contribution in [1.29, 1.82) is 0 Å². The Bertz CT molecular complexity index is 753. The van der Waals surface area contributed by atoms with Gasteiger partial charge in [0.15, 0.2) is 0 Å². The molecule has 2 heterocycles. The Morgan fingerprint density at radius 2 is 2.09 bits per heavy atom. The molecule has 0 radical (unpaired) electrons. The van der Waals surface area contributed by atoms with Gasteiger partial charge in [-0.25, -0.2) is 0 Å². The summed E-state index contributed by atoms with van der Waals surface area (Å²) < 4.78 is 9.40. The summed E-state index contributed by atoms with van der Waals surface area (Å²) in [6.07, 6.45) is 1.97. The maximum Gasteiger partial charge on any atom is 0.221 e. The standard InChI is InChI=1S/C17H17N3O2S/c1-12-16(23-20-19-12)11-18-17(21)10-14(15-8-5-9-22-15)13-6-3-2-4-7-13/h2-9,14H,10-11H2,1H3,(H,18,21). The number of aromatic nitrogens is 2. The van der Waals surface area contributed by atoms with Crippen LogP contribution in [-0.2, 0) is 11.3 Å². The Morgan fingerprint density at radius 3 is 2.74 bits per heavy atom. The molecule has 3 rings (SSSR count). The topological polar surface area (TPSA) is 68.0 Å². The van der Waals surface area contributed by atoms with Crippen LogP contribution in [0.3, 0.4) is 0 Å². The van der Waals surface area contributed by atoms with E-state index in [0.29, 0.717) is 13.0 Å². The lowest BCUT2D eigenvalue weighted by atomic mass is 9.93. The molecule has 1 unspecified atom stereocenters. The van der Waals surface area contributed by atoms with Gasteiger partial charge in [0.05, 0.1) is 29.3 Å². The second kappa shape index (κ2) is 7.19. The van der Waals surface area contributed by atoms with Gasteiger partial charge in [-0.15, -0.1) is 5.10 Å². The van der Waals surface area contributed by atoms with Crippen LogP contribution >= 0.6 is 11.5 Å². The monoisotopic (exact) mass is 327 g/mol. The maximum absolute atomic E-state index is 12.3. The van der Waals surface area contributed by atoms with Gasteiger partial charge in [-0.3, -0.25) is 4.79 Å². The molecule has 0 aliphatic heterocycles. The molecular weight excluding hydrogens is 310 g/mol. The highest BCUT2D eigenvalue weighted by Gasteiger charge is 2.20. The SMILES string of the molecule is Cc1nnsc1CNC(=O)CC(c1ccccc1)c1ccco1. The van der Waals surface area contributed by atoms with E-state index in [1.165, 1.54) is 11.5 Å². The average Bonchev–Trinajstić information content (AvgIpc) is 3.23. The van der Waals surface area contributed by atoms with Crippen molar-refractivity contribution in [3.8, 4) is 0 Å². The van der Waals surface area contributed by atoms with E-state index in [0.717, 1.165) is 21.9 Å². The number of carbonyl (C=O) groups excluding carboxylic acids is 1. The predicted molar refractivity (Wildman–Crippen MR) is 88.1 cm³/mol. The summed E-state index contributed by atoms with van der Waals surface area (Å²) in [5.74, 6) is 0.678. The Morgan fingerprint density at radius 1 is 1.26 bits per heavy atom. The lowest BCUT2D eigenvalue weighted by Crippen LogP contribution is -2.24. The lowest BCUT2D eigenvalue weighted by Gasteiger charge is -2.15. The minimum Gasteiger partial charge on any atom is -0.469 e. The number of carbonyl (C=O) groups is 1. The molecule has 0 fully saturated rings. The smallest absolute Gasteiger partial charge is 0.221 e. The molecule has 3 aromatic rings. The summed E-state index contributed by atoms with van der Waals surface area (Å²) in [5.41, 5.74) is 1.93. The number of rotatable bonds is 6. The number of benzene rings is 1. The van der Waals surface area contributed by atoms with E-state index in [4.69, 9.17) is 4.42 Å². The summed E-state index contributed by atoms with van der Waals surface area (Å²) in [5, 5.41) is 6.88. The van der Waals surface area contributed by atoms with Crippen molar-refractivity contribution in [3.63, 3.8) is 0 Å². The van der Waals surface area contributed by atoms with Crippen LogP contribution in [-0.4, -0.2) is 15.5 Å². The summed E-state index contributed by atoms with van der Waals surface area (Å²) in [7, 11) is 0. The molecule has 1 amide bonds. The normalized spacial score (nSPS) is 12.0. The first-order chi connectivity index (χ1) is 11.2. The molecule has 118 valence electrons. The fraction of sp³-hybridized carbons (Fsp3) is 0.235. The summed E-state index contributed by atoms with van der Waals surface area (Å²) in [4.78, 5) is 13.3. The fourth-order valence-electron chi connectivity index (χ4n) is 2.41. The highest BCUT2D eigenvalue weighted by atomic mass is 32.1. The number of furan rings is 1. The summed E-state index contributed by atoms with van der Waals surface area (Å²) in [6, 6.07) is 13.7. The van der Waals surface area contributed by atoms with Gasteiger partial charge >= 0.3 is 0 Å². The molecule has 0 aliphatic rings. The first-order valence-corrected chi connectivity index (χ1v) is 8.14. The number of nitrogens with one attached hydrogen (secondary N) is 1. The third-order valence-corrected chi connectivity index (χ3v) is 4.49. The van der Waals surface area contributed by atoms with Crippen LogP contribution in [0.15, 0.2) is 53.1 Å². The Labute approximate surface area is 138 Å². The number of aryl methyl sites for hydroxylation is 1. The van der Waals surface area contributed by atoms with Crippen molar-refractivity contribution in [1.82, 2.24) is 14.9 Å². The highest BCUT2D eigenvalue weighted by molar-refractivity contribution is 7.05. The fourth-order valence-corrected chi connectivity index (χ4v) is 2.98. The van der Waals surface area contributed by atoms with Gasteiger partial charge in [-0.2, -0.15) is 0 Å². The largest absolute Gasteiger partial charge is 0.469 e. The van der Waals surface area contributed by atoms with Gasteiger partial charge in [0.25, 0.3) is 0 Å². The van der Waals surface area contributed by atoms with Crippen LogP contribution in [0.5, 0.6) is 0 Å². The van der Waals surface area contributed by atoms with Crippen LogP contribution in [0.4, 0.5) is 0 Å². The van der Waals surface area contributed by atoms with Gasteiger partial charge in [0.2, 0.25) is 5.91 Å². The van der Waals surface area contributed by atoms with Crippen LogP contribution in [0, 0.1) is 6.92 Å². The number of hydrogen-bond donors (Lipinski definition) is 1. The summed E-state index contributed by atoms with van der Waals surface area (Å²) >= 11 is 1.31. The van der Waals surface area contributed by atoms with Gasteiger partial charge in [0, 0.05) is 6.42 Å². The quantitative estimate of drug-likeness (QED) is 0.754. The van der Waals surface area contributed by atoms with E-state index >= 15 is 0 Å². The minimum atomic E-state index is -0.0908. The van der Waals surface area contributed by atoms with E-state index < -0.39 is 0 Å². The molecule has 0 aliphatic carbocycles. The van der Waals surface area contributed by atoms with Crippen molar-refractivity contribution in [2.75, 3.05) is 0 Å². The maximum atomic E-state index is 12.3. The predicted octanol–water partition coefficient (Wildman–Crippen LogP) is 3.28. The van der Waals surface area contributed by atoms with Crippen molar-refractivity contribution >= 4 is 17.4 Å². The van der Waals surface area contributed by atoms with Crippen LogP contribution in [0.25, 0.3) is 0 Å². The zero-order chi connectivity index (χ0) is 16.1. The van der Waals surface area contributed by atoms with E-state index in [1.54, 1.807) is 6.26 Å². The number of nitrogens with zero attached hydrogens (tertiary/aromatic N) is 2. The Kier molecular flexibility index (Phi) is 4.83. The van der Waals surface area contributed by atoms with Gasteiger partial charge in [-0.05, 0) is 36.2 Å². The van der Waals surface area contributed by atoms with Crippen molar-refractivity contribution in [3.05, 3.63) is 70.6 Å². The first-order valence-electron chi connectivity index (χ1n) is 7.37. The first kappa shape index (κ1) is 15.4. The number of hydrogen-bond acceptors (Lipinski definition) is 5. The van der Waals surface area contributed by atoms with E-state index in [1.807, 2.05) is 49.4 Å². The van der Waals surface area contributed by atoms with Crippen LogP contribution < -0.4 is 5.32 Å². The zero-order valence-electron chi connectivity index (χ0n) is 12.7. The van der Waals surface area contributed by atoms with Gasteiger partial charge in [-0.1, -0.05) is 34.8 Å². The molecule has 6 heteroatoms. The van der Waals surface area contributed by atoms with Gasteiger partial charge in [0.1, 0.15) is 5.76 Å². The summed E-state index contributed by atoms with van der Waals surface area (Å²) in [6.45, 7) is 2.35. The molecule has 0 saturated heterocycles. The number of amides is 1. The van der Waals surface area contributed by atoms with Crippen LogP contribution in [0.1, 0.15) is 34.2 Å². The zero-order valence-corrected chi connectivity index (χ0v) is 13.5. The second-order valence-corrected chi connectivity index (χ2v) is 6.08. The van der Waals surface area contributed by atoms with Crippen LogP contribution in [0.2, 0.25) is 0 Å². The highest BCUT2D eigenvalue weighted by Crippen LogP contribution is 2.28. The van der Waals surface area contributed by atoms with Gasteiger partial charge < -0.3 is 9.73 Å². The lowest BCUT2D eigenvalue weighted by molar-refractivity contribution is -0.121. The molecule has 0 bridgehead atoms. The molecule has 1 N–H and O–H groups in total. The second-order valence-electron chi connectivity index (χ2n) is 5.24. The van der Waals surface area contributed by atoms with E-state index in [2.05, 4.69) is 14.9 Å². The third kappa shape index (κ3) is 3.84. The average molecular weight is 327 g/mol. The Hall–Kier alpha value is -2.47. The molecular formula is C17H17N3O2S. The molecule has 0 saturated carbocycles. The molecule has 1 aromatic carbocycles. The van der Waals surface area contributed by atoms with Crippen molar-refractivity contribution in [2.24, 2.45) is 0 Å². The minimum absolute atomic E-state index is 0.0250. The van der Waals surface area contributed by atoms with Crippen molar-refractivity contribution < 1.29 is 9.21 Å². The van der Waals surface area contributed by atoms with E-state index in [-0.39, 0.29) is 11.8 Å². The molecule has 1 atom stereocenters. The third-order valence-electron chi connectivity index (χ3n) is 3.67. The molecule has 0 spiro atoms. The molecule has 5 nitrogen and oxygen atoms in total.